The molecule has 2 heterocycles. The van der Waals surface area contributed by atoms with Gasteiger partial charge < -0.3 is 9.73 Å². The largest absolute Gasteiger partial charge is 0.465 e. The van der Waals surface area contributed by atoms with E-state index in [0.29, 0.717) is 23.3 Å². The number of rotatable bonds is 2. The van der Waals surface area contributed by atoms with Crippen molar-refractivity contribution in [2.45, 2.75) is 65.3 Å². The lowest BCUT2D eigenvalue weighted by molar-refractivity contribution is -0.122. The maximum absolute atomic E-state index is 11.9. The van der Waals surface area contributed by atoms with Crippen LogP contribution in [0.5, 0.6) is 0 Å². The molecular weight excluding hydrogens is 346 g/mol. The summed E-state index contributed by atoms with van der Waals surface area (Å²) in [6, 6.07) is 4.36. The molecule has 28 heavy (non-hydrogen) atoms. The van der Waals surface area contributed by atoms with Crippen LogP contribution in [0.4, 0.5) is 0 Å². The van der Waals surface area contributed by atoms with Gasteiger partial charge in [0.15, 0.2) is 0 Å². The van der Waals surface area contributed by atoms with Crippen molar-refractivity contribution in [1.29, 1.82) is 0 Å². The van der Waals surface area contributed by atoms with Crippen molar-refractivity contribution in [2.75, 3.05) is 0 Å². The highest BCUT2D eigenvalue weighted by Gasteiger charge is 2.59. The second-order valence-electron chi connectivity index (χ2n) is 10.3. The standard InChI is InChI=1S/C25H33NO2/c1-16(15-17-5-4-14-28-17)19-7-8-20-18-6-9-22-25(3,13-11-23(27)26-22)21(18)10-12-24(19,20)2/h4-5,11,13-15,18-22H,6-10,12H2,1-3H3,(H,26,27)/b16-15+/t18-,19+,20-,21-,22?,24+,25+/m0/s1. The number of furan rings is 1. The summed E-state index contributed by atoms with van der Waals surface area (Å²) >= 11 is 0. The quantitative estimate of drug-likeness (QED) is 0.727. The van der Waals surface area contributed by atoms with Gasteiger partial charge in [0, 0.05) is 11.5 Å². The lowest BCUT2D eigenvalue weighted by Gasteiger charge is -2.59. The molecule has 1 aromatic rings. The lowest BCUT2D eigenvalue weighted by atomic mass is 9.47. The van der Waals surface area contributed by atoms with Crippen LogP contribution in [0.2, 0.25) is 0 Å². The van der Waals surface area contributed by atoms with Gasteiger partial charge in [0.2, 0.25) is 5.91 Å². The molecule has 150 valence electrons. The first-order chi connectivity index (χ1) is 13.4. The third kappa shape index (κ3) is 2.58. The minimum Gasteiger partial charge on any atom is -0.465 e. The van der Waals surface area contributed by atoms with Crippen LogP contribution in [0.1, 0.15) is 65.1 Å². The van der Waals surface area contributed by atoms with Gasteiger partial charge in [0.25, 0.3) is 0 Å². The Balaban J connectivity index is 1.43. The Morgan fingerprint density at radius 3 is 2.82 bits per heavy atom. The molecule has 1 amide bonds. The van der Waals surface area contributed by atoms with E-state index in [2.05, 4.69) is 44.3 Å². The average Bonchev–Trinajstić information content (AvgIpc) is 3.29. The molecule has 0 aromatic carbocycles. The number of carbonyl (C=O) groups excluding carboxylic acids is 1. The van der Waals surface area contributed by atoms with Gasteiger partial charge in [-0.3, -0.25) is 4.79 Å². The lowest BCUT2D eigenvalue weighted by Crippen LogP contribution is -2.59. The zero-order chi connectivity index (χ0) is 19.5. The minimum absolute atomic E-state index is 0.0983. The summed E-state index contributed by atoms with van der Waals surface area (Å²) in [6.45, 7) is 7.28. The summed E-state index contributed by atoms with van der Waals surface area (Å²) in [7, 11) is 0. The van der Waals surface area contributed by atoms with Gasteiger partial charge in [0.05, 0.1) is 6.26 Å². The molecule has 1 N–H and O–H groups in total. The van der Waals surface area contributed by atoms with Gasteiger partial charge >= 0.3 is 0 Å². The highest BCUT2D eigenvalue weighted by Crippen LogP contribution is 2.66. The molecule has 5 rings (SSSR count). The van der Waals surface area contributed by atoms with E-state index < -0.39 is 0 Å². The summed E-state index contributed by atoms with van der Waals surface area (Å²) in [6.07, 6.45) is 15.7. The van der Waals surface area contributed by atoms with Crippen LogP contribution in [0.15, 0.2) is 40.5 Å². The molecule has 0 bridgehead atoms. The Hall–Kier alpha value is -1.77. The van der Waals surface area contributed by atoms with E-state index in [1.807, 2.05) is 6.07 Å². The molecule has 0 spiro atoms. The molecule has 3 fully saturated rings. The number of allylic oxidation sites excluding steroid dienone is 1. The molecule has 7 atom stereocenters. The zero-order valence-electron chi connectivity index (χ0n) is 17.4. The second kappa shape index (κ2) is 6.37. The maximum Gasteiger partial charge on any atom is 0.243 e. The predicted octanol–water partition coefficient (Wildman–Crippen LogP) is 5.60. The summed E-state index contributed by atoms with van der Waals surface area (Å²) in [4.78, 5) is 11.9. The van der Waals surface area contributed by atoms with E-state index in [4.69, 9.17) is 4.42 Å². The molecule has 1 aromatic heterocycles. The van der Waals surface area contributed by atoms with Crippen LogP contribution in [0.3, 0.4) is 0 Å². The Morgan fingerprint density at radius 2 is 2.04 bits per heavy atom. The second-order valence-corrected chi connectivity index (χ2v) is 10.3. The van der Waals surface area contributed by atoms with Crippen LogP contribution < -0.4 is 5.32 Å². The topological polar surface area (TPSA) is 42.2 Å². The van der Waals surface area contributed by atoms with E-state index in [-0.39, 0.29) is 11.3 Å². The number of carbonyl (C=O) groups is 1. The summed E-state index contributed by atoms with van der Waals surface area (Å²) < 4.78 is 5.58. The summed E-state index contributed by atoms with van der Waals surface area (Å²) in [5.74, 6) is 4.04. The van der Waals surface area contributed by atoms with Crippen molar-refractivity contribution in [3.05, 3.63) is 41.9 Å². The van der Waals surface area contributed by atoms with Crippen molar-refractivity contribution >= 4 is 12.0 Å². The Labute approximate surface area is 168 Å². The van der Waals surface area contributed by atoms with Gasteiger partial charge in [-0.05, 0) is 98.8 Å². The van der Waals surface area contributed by atoms with Crippen LogP contribution >= 0.6 is 0 Å². The van der Waals surface area contributed by atoms with Gasteiger partial charge in [-0.1, -0.05) is 25.5 Å². The number of fused-ring (bicyclic) bond motifs is 5. The normalized spacial score (nSPS) is 45.2. The van der Waals surface area contributed by atoms with Crippen molar-refractivity contribution in [3.8, 4) is 0 Å². The predicted molar refractivity (Wildman–Crippen MR) is 111 cm³/mol. The number of amides is 1. The number of hydrogen-bond acceptors (Lipinski definition) is 2. The van der Waals surface area contributed by atoms with Crippen LogP contribution in [0, 0.1) is 34.5 Å². The molecule has 1 unspecified atom stereocenters. The van der Waals surface area contributed by atoms with Crippen molar-refractivity contribution in [2.24, 2.45) is 34.5 Å². The molecule has 3 saturated carbocycles. The molecule has 3 nitrogen and oxygen atoms in total. The SMILES string of the molecule is C/C(=C\c1ccco1)[C@H]1CC[C@H]2[C@@H]3CCC4NC(=O)C=C[C@]4(C)[C@H]3CC[C@]12C. The third-order valence-electron chi connectivity index (χ3n) is 9.15. The smallest absolute Gasteiger partial charge is 0.243 e. The molecule has 3 heteroatoms. The van der Waals surface area contributed by atoms with E-state index in [0.717, 1.165) is 24.0 Å². The fraction of sp³-hybridized carbons (Fsp3) is 0.640. The number of nitrogens with one attached hydrogen (secondary N) is 1. The van der Waals surface area contributed by atoms with Gasteiger partial charge in [0.1, 0.15) is 5.76 Å². The molecule has 3 aliphatic carbocycles. The van der Waals surface area contributed by atoms with Crippen molar-refractivity contribution < 1.29 is 9.21 Å². The van der Waals surface area contributed by atoms with Crippen LogP contribution in [-0.4, -0.2) is 11.9 Å². The van der Waals surface area contributed by atoms with E-state index in [1.165, 1.54) is 37.7 Å². The van der Waals surface area contributed by atoms with E-state index in [1.54, 1.807) is 12.3 Å². The summed E-state index contributed by atoms with van der Waals surface area (Å²) in [5.41, 5.74) is 2.03. The molecular formula is C25H33NO2. The van der Waals surface area contributed by atoms with E-state index >= 15 is 0 Å². The highest BCUT2D eigenvalue weighted by molar-refractivity contribution is 5.89. The van der Waals surface area contributed by atoms with Crippen molar-refractivity contribution in [3.63, 3.8) is 0 Å². The molecule has 1 aliphatic heterocycles. The first kappa shape index (κ1) is 18.3. The maximum atomic E-state index is 11.9. The third-order valence-corrected chi connectivity index (χ3v) is 9.15. The Morgan fingerprint density at radius 1 is 1.18 bits per heavy atom. The monoisotopic (exact) mass is 379 g/mol. The Kier molecular flexibility index (Phi) is 4.16. The average molecular weight is 380 g/mol. The first-order valence-electron chi connectivity index (χ1n) is 11.1. The summed E-state index contributed by atoms with van der Waals surface area (Å²) in [5, 5.41) is 3.27. The van der Waals surface area contributed by atoms with E-state index in [9.17, 15) is 4.79 Å². The minimum atomic E-state index is 0.0983. The van der Waals surface area contributed by atoms with Crippen LogP contribution in [-0.2, 0) is 4.79 Å². The molecule has 0 radical (unpaired) electrons. The van der Waals surface area contributed by atoms with Crippen LogP contribution in [0.25, 0.3) is 6.08 Å². The zero-order valence-corrected chi connectivity index (χ0v) is 17.4. The highest BCUT2D eigenvalue weighted by atomic mass is 16.3. The fourth-order valence-corrected chi connectivity index (χ4v) is 7.78. The first-order valence-corrected chi connectivity index (χ1v) is 11.1. The molecule has 0 saturated heterocycles. The molecule has 4 aliphatic rings. The van der Waals surface area contributed by atoms with Gasteiger partial charge in [-0.2, -0.15) is 0 Å². The van der Waals surface area contributed by atoms with Gasteiger partial charge in [-0.15, -0.1) is 0 Å². The van der Waals surface area contributed by atoms with Gasteiger partial charge in [-0.25, -0.2) is 0 Å². The van der Waals surface area contributed by atoms with Crippen molar-refractivity contribution in [1.82, 2.24) is 5.32 Å². The Bertz CT molecular complexity index is 822. The fourth-order valence-electron chi connectivity index (χ4n) is 7.78. The number of hydrogen-bond donors (Lipinski definition) is 1.